The fraction of sp³-hybridized carbons (Fsp3) is 0.529. The summed E-state index contributed by atoms with van der Waals surface area (Å²) in [5.74, 6) is 0.374. The minimum Gasteiger partial charge on any atom is -0.483 e. The van der Waals surface area contributed by atoms with Crippen LogP contribution in [-0.4, -0.2) is 37.6 Å². The highest BCUT2D eigenvalue weighted by Gasteiger charge is 2.32. The highest BCUT2D eigenvalue weighted by Crippen LogP contribution is 2.42. The average molecular weight is 338 g/mol. The lowest BCUT2D eigenvalue weighted by Gasteiger charge is -2.23. The van der Waals surface area contributed by atoms with Gasteiger partial charge in [-0.1, -0.05) is 18.5 Å². The number of ether oxygens (including phenoxy) is 2. The first-order valence-corrected chi connectivity index (χ1v) is 8.29. The van der Waals surface area contributed by atoms with E-state index in [0.29, 0.717) is 36.0 Å². The molecule has 6 heteroatoms. The van der Waals surface area contributed by atoms with E-state index in [9.17, 15) is 9.59 Å². The van der Waals surface area contributed by atoms with Crippen LogP contribution in [0.5, 0.6) is 5.75 Å². The third-order valence-electron chi connectivity index (χ3n) is 4.36. The van der Waals surface area contributed by atoms with E-state index in [1.54, 1.807) is 12.1 Å². The number of fused-ring (bicyclic) bond motifs is 1. The van der Waals surface area contributed by atoms with E-state index in [0.717, 1.165) is 18.4 Å². The lowest BCUT2D eigenvalue weighted by Crippen LogP contribution is -2.41. The number of ketones is 1. The minimum atomic E-state index is -0.181. The van der Waals surface area contributed by atoms with Crippen molar-refractivity contribution in [1.82, 2.24) is 5.32 Å². The van der Waals surface area contributed by atoms with Gasteiger partial charge in [0.05, 0.1) is 5.56 Å². The molecular weight excluding hydrogens is 318 g/mol. The minimum absolute atomic E-state index is 0.0230. The first kappa shape index (κ1) is 16.3. The van der Waals surface area contributed by atoms with Crippen molar-refractivity contribution in [2.24, 2.45) is 0 Å². The van der Waals surface area contributed by atoms with Gasteiger partial charge >= 0.3 is 0 Å². The summed E-state index contributed by atoms with van der Waals surface area (Å²) in [6.07, 6.45) is 2.07. The van der Waals surface area contributed by atoms with E-state index in [-0.39, 0.29) is 30.3 Å². The topological polar surface area (TPSA) is 64.6 Å². The molecule has 1 N–H and O–H groups in total. The maximum absolute atomic E-state index is 12.2. The number of Topliss-reactive ketones (excluding diaryl/α,β-unsaturated/α-hetero) is 1. The Labute approximate surface area is 140 Å². The molecule has 0 aromatic heterocycles. The molecule has 1 saturated heterocycles. The van der Waals surface area contributed by atoms with Gasteiger partial charge in [-0.25, -0.2) is 0 Å². The zero-order valence-corrected chi connectivity index (χ0v) is 13.8. The van der Waals surface area contributed by atoms with Crippen molar-refractivity contribution >= 4 is 23.3 Å². The summed E-state index contributed by atoms with van der Waals surface area (Å²) < 4.78 is 10.9. The number of carbonyl (C=O) groups excluding carboxylic acids is 2. The Morgan fingerprint density at radius 3 is 2.87 bits per heavy atom. The van der Waals surface area contributed by atoms with Crippen molar-refractivity contribution in [2.45, 2.75) is 38.1 Å². The Morgan fingerprint density at radius 1 is 1.39 bits per heavy atom. The Kier molecular flexibility index (Phi) is 4.87. The Balaban J connectivity index is 1.65. The molecule has 0 bridgehead atoms. The van der Waals surface area contributed by atoms with Crippen molar-refractivity contribution in [3.05, 3.63) is 28.3 Å². The third-order valence-corrected chi connectivity index (χ3v) is 4.69. The number of hydrogen-bond donors (Lipinski definition) is 1. The van der Waals surface area contributed by atoms with E-state index >= 15 is 0 Å². The maximum Gasteiger partial charge on any atom is 0.258 e. The molecule has 0 saturated carbocycles. The molecule has 124 valence electrons. The van der Waals surface area contributed by atoms with Crippen LogP contribution in [0.2, 0.25) is 5.02 Å². The van der Waals surface area contributed by atoms with Gasteiger partial charge in [0.25, 0.3) is 5.91 Å². The molecule has 0 radical (unpaired) electrons. The summed E-state index contributed by atoms with van der Waals surface area (Å²) >= 11 is 6.19. The number of amides is 1. The van der Waals surface area contributed by atoms with Crippen LogP contribution in [0, 0.1) is 0 Å². The van der Waals surface area contributed by atoms with Crippen LogP contribution in [0.3, 0.4) is 0 Å². The normalized spacial score (nSPS) is 21.1. The first-order valence-electron chi connectivity index (χ1n) is 7.91. The molecule has 1 atom stereocenters. The summed E-state index contributed by atoms with van der Waals surface area (Å²) in [6.45, 7) is 3.20. The second-order valence-electron chi connectivity index (χ2n) is 6.11. The van der Waals surface area contributed by atoms with E-state index in [1.165, 1.54) is 0 Å². The first-order chi connectivity index (χ1) is 11.1. The Hall–Kier alpha value is -1.59. The number of nitrogens with one attached hydrogen (secondary N) is 1. The van der Waals surface area contributed by atoms with Gasteiger partial charge in [-0.3, -0.25) is 9.59 Å². The molecular formula is C17H20ClNO4. The molecule has 3 rings (SSSR count). The van der Waals surface area contributed by atoms with Crippen LogP contribution in [0.1, 0.15) is 48.0 Å². The van der Waals surface area contributed by atoms with E-state index in [2.05, 4.69) is 5.32 Å². The lowest BCUT2D eigenvalue weighted by atomic mass is 10.0. The summed E-state index contributed by atoms with van der Waals surface area (Å²) in [4.78, 5) is 24.2. The third kappa shape index (κ3) is 3.51. The second-order valence-corrected chi connectivity index (χ2v) is 6.51. The molecule has 1 amide bonds. The number of carbonyl (C=O) groups is 2. The quantitative estimate of drug-likeness (QED) is 0.917. The molecule has 1 aromatic carbocycles. The van der Waals surface area contributed by atoms with Crippen LogP contribution in [0.15, 0.2) is 12.1 Å². The maximum atomic E-state index is 12.2. The summed E-state index contributed by atoms with van der Waals surface area (Å²) in [6, 6.07) is 3.53. The molecule has 2 aliphatic rings. The zero-order chi connectivity index (χ0) is 16.4. The van der Waals surface area contributed by atoms with Crippen LogP contribution in [0.25, 0.3) is 0 Å². The molecule has 1 heterocycles. The SMILES string of the molecule is CC1CC(=O)c2c(OCC(=O)NC3CCOCC3)ccc(Cl)c21. The predicted molar refractivity (Wildman–Crippen MR) is 86.3 cm³/mol. The van der Waals surface area contributed by atoms with Crippen LogP contribution in [-0.2, 0) is 9.53 Å². The molecule has 0 spiro atoms. The van der Waals surface area contributed by atoms with Crippen molar-refractivity contribution in [3.63, 3.8) is 0 Å². The van der Waals surface area contributed by atoms with Crippen molar-refractivity contribution in [3.8, 4) is 5.75 Å². The highest BCUT2D eigenvalue weighted by molar-refractivity contribution is 6.32. The molecule has 1 fully saturated rings. The number of halogens is 1. The van der Waals surface area contributed by atoms with Gasteiger partial charge in [-0.2, -0.15) is 0 Å². The number of hydrogen-bond acceptors (Lipinski definition) is 4. The van der Waals surface area contributed by atoms with Gasteiger partial charge in [-0.15, -0.1) is 0 Å². The Bertz CT molecular complexity index is 625. The van der Waals surface area contributed by atoms with Crippen LogP contribution < -0.4 is 10.1 Å². The van der Waals surface area contributed by atoms with Gasteiger partial charge in [0.1, 0.15) is 5.75 Å². The fourth-order valence-electron chi connectivity index (χ4n) is 3.20. The van der Waals surface area contributed by atoms with Gasteiger partial charge in [0, 0.05) is 30.7 Å². The fourth-order valence-corrected chi connectivity index (χ4v) is 3.54. The van der Waals surface area contributed by atoms with Crippen molar-refractivity contribution in [1.29, 1.82) is 0 Å². The van der Waals surface area contributed by atoms with Gasteiger partial charge in [0.15, 0.2) is 12.4 Å². The molecule has 23 heavy (non-hydrogen) atoms. The van der Waals surface area contributed by atoms with Gasteiger partial charge < -0.3 is 14.8 Å². The lowest BCUT2D eigenvalue weighted by molar-refractivity contribution is -0.124. The summed E-state index contributed by atoms with van der Waals surface area (Å²) in [5.41, 5.74) is 1.36. The van der Waals surface area contributed by atoms with Crippen molar-refractivity contribution in [2.75, 3.05) is 19.8 Å². The molecule has 1 unspecified atom stereocenters. The monoisotopic (exact) mass is 337 g/mol. The largest absolute Gasteiger partial charge is 0.483 e. The van der Waals surface area contributed by atoms with Crippen LogP contribution >= 0.6 is 11.6 Å². The second kappa shape index (κ2) is 6.89. The summed E-state index contributed by atoms with van der Waals surface area (Å²) in [7, 11) is 0. The van der Waals surface area contributed by atoms with E-state index in [4.69, 9.17) is 21.1 Å². The van der Waals surface area contributed by atoms with E-state index in [1.807, 2.05) is 6.92 Å². The number of benzene rings is 1. The standard InChI is InChI=1S/C17H20ClNO4/c1-10-8-13(20)17-14(3-2-12(18)16(10)17)23-9-15(21)19-11-4-6-22-7-5-11/h2-3,10-11H,4-9H2,1H3,(H,19,21). The zero-order valence-electron chi connectivity index (χ0n) is 13.1. The average Bonchev–Trinajstić information content (AvgIpc) is 2.84. The molecule has 1 aliphatic carbocycles. The smallest absolute Gasteiger partial charge is 0.258 e. The summed E-state index contributed by atoms with van der Waals surface area (Å²) in [5, 5.41) is 3.51. The highest BCUT2D eigenvalue weighted by atomic mass is 35.5. The molecule has 1 aliphatic heterocycles. The van der Waals surface area contributed by atoms with Gasteiger partial charge in [-0.05, 0) is 36.5 Å². The van der Waals surface area contributed by atoms with Crippen molar-refractivity contribution < 1.29 is 19.1 Å². The Morgan fingerprint density at radius 2 is 2.13 bits per heavy atom. The van der Waals surface area contributed by atoms with Crippen LogP contribution in [0.4, 0.5) is 0 Å². The number of rotatable bonds is 4. The molecule has 1 aromatic rings. The predicted octanol–water partition coefficient (Wildman–Crippen LogP) is 2.70. The molecule has 5 nitrogen and oxygen atoms in total. The van der Waals surface area contributed by atoms with E-state index < -0.39 is 0 Å². The van der Waals surface area contributed by atoms with Gasteiger partial charge in [0.2, 0.25) is 0 Å².